The number of esters is 2. The molecule has 0 radical (unpaired) electrons. The van der Waals surface area contributed by atoms with Crippen LogP contribution in [0.2, 0.25) is 0 Å². The van der Waals surface area contributed by atoms with E-state index in [1.807, 2.05) is 13.0 Å². The standard InChI is InChI=1S/C18H17N3O4/c1-2-21-16-9-8-14(12-15(16)19-20-21)18(23)25-11-10-24-17(22)13-6-4-3-5-7-13/h3-9,12H,2,10-11H2,1H3. The topological polar surface area (TPSA) is 83.3 Å². The minimum absolute atomic E-state index is 0.00622. The maximum Gasteiger partial charge on any atom is 0.338 e. The normalized spacial score (nSPS) is 10.6. The van der Waals surface area contributed by atoms with Crippen LogP contribution in [-0.2, 0) is 16.0 Å². The predicted octanol–water partition coefficient (Wildman–Crippen LogP) is 2.47. The van der Waals surface area contributed by atoms with Gasteiger partial charge in [0.2, 0.25) is 0 Å². The molecule has 0 saturated heterocycles. The number of carbonyl (C=O) groups excluding carboxylic acids is 2. The molecule has 1 aromatic heterocycles. The van der Waals surface area contributed by atoms with Crippen molar-refractivity contribution in [3.8, 4) is 0 Å². The molecule has 0 atom stereocenters. The van der Waals surface area contributed by atoms with Gasteiger partial charge in [-0.15, -0.1) is 5.10 Å². The molecule has 7 nitrogen and oxygen atoms in total. The number of aryl methyl sites for hydroxylation is 1. The summed E-state index contributed by atoms with van der Waals surface area (Å²) in [6.45, 7) is 2.64. The van der Waals surface area contributed by atoms with Crippen LogP contribution in [-0.4, -0.2) is 40.1 Å². The summed E-state index contributed by atoms with van der Waals surface area (Å²) < 4.78 is 11.9. The van der Waals surface area contributed by atoms with E-state index in [1.165, 1.54) is 0 Å². The van der Waals surface area contributed by atoms with Crippen LogP contribution in [0.15, 0.2) is 48.5 Å². The SMILES string of the molecule is CCn1nnc2cc(C(=O)OCCOC(=O)c3ccccc3)ccc21. The molecule has 7 heteroatoms. The average Bonchev–Trinajstić information content (AvgIpc) is 3.07. The van der Waals surface area contributed by atoms with Crippen LogP contribution < -0.4 is 0 Å². The second-order valence-electron chi connectivity index (χ2n) is 5.25. The van der Waals surface area contributed by atoms with Crippen LogP contribution in [0, 0.1) is 0 Å². The van der Waals surface area contributed by atoms with Crippen molar-refractivity contribution in [1.82, 2.24) is 15.0 Å². The Bertz CT molecular complexity index is 890. The van der Waals surface area contributed by atoms with E-state index in [9.17, 15) is 9.59 Å². The molecule has 0 aliphatic rings. The number of aromatic nitrogens is 3. The summed E-state index contributed by atoms with van der Waals surface area (Å²) in [5, 5.41) is 8.02. The van der Waals surface area contributed by atoms with Gasteiger partial charge < -0.3 is 9.47 Å². The van der Waals surface area contributed by atoms with Crippen molar-refractivity contribution >= 4 is 23.0 Å². The van der Waals surface area contributed by atoms with Gasteiger partial charge >= 0.3 is 11.9 Å². The Labute approximate surface area is 144 Å². The van der Waals surface area contributed by atoms with E-state index >= 15 is 0 Å². The number of fused-ring (bicyclic) bond motifs is 1. The highest BCUT2D eigenvalue weighted by atomic mass is 16.6. The van der Waals surface area contributed by atoms with Crippen molar-refractivity contribution in [2.75, 3.05) is 13.2 Å². The van der Waals surface area contributed by atoms with Crippen molar-refractivity contribution in [3.63, 3.8) is 0 Å². The highest BCUT2D eigenvalue weighted by Crippen LogP contribution is 2.14. The average molecular weight is 339 g/mol. The minimum atomic E-state index is -0.497. The quantitative estimate of drug-likeness (QED) is 0.507. The molecule has 1 heterocycles. The summed E-state index contributed by atoms with van der Waals surface area (Å²) in [5.41, 5.74) is 2.32. The first kappa shape index (κ1) is 16.6. The van der Waals surface area contributed by atoms with E-state index in [0.717, 1.165) is 5.52 Å². The zero-order chi connectivity index (χ0) is 17.6. The van der Waals surface area contributed by atoms with Crippen molar-refractivity contribution in [1.29, 1.82) is 0 Å². The molecular formula is C18H17N3O4. The summed E-state index contributed by atoms with van der Waals surface area (Å²) in [4.78, 5) is 23.8. The minimum Gasteiger partial charge on any atom is -0.458 e. The van der Waals surface area contributed by atoms with Gasteiger partial charge in [0.1, 0.15) is 18.7 Å². The Morgan fingerprint density at radius 2 is 1.64 bits per heavy atom. The van der Waals surface area contributed by atoms with E-state index in [0.29, 0.717) is 23.2 Å². The molecule has 2 aromatic carbocycles. The summed E-state index contributed by atoms with van der Waals surface area (Å²) in [5.74, 6) is -0.946. The third-order valence-electron chi connectivity index (χ3n) is 3.61. The monoisotopic (exact) mass is 339 g/mol. The number of carbonyl (C=O) groups is 2. The molecule has 0 amide bonds. The Kier molecular flexibility index (Phi) is 5.03. The van der Waals surface area contributed by atoms with Crippen molar-refractivity contribution in [3.05, 3.63) is 59.7 Å². The third kappa shape index (κ3) is 3.82. The molecule has 0 N–H and O–H groups in total. The molecule has 0 aliphatic heterocycles. The fourth-order valence-corrected chi connectivity index (χ4v) is 2.34. The van der Waals surface area contributed by atoms with E-state index in [2.05, 4.69) is 10.3 Å². The smallest absolute Gasteiger partial charge is 0.338 e. The molecule has 0 bridgehead atoms. The first-order chi connectivity index (χ1) is 12.2. The van der Waals surface area contributed by atoms with E-state index < -0.39 is 11.9 Å². The number of benzene rings is 2. The second-order valence-corrected chi connectivity index (χ2v) is 5.25. The van der Waals surface area contributed by atoms with E-state index in [4.69, 9.17) is 9.47 Å². The number of hydrogen-bond donors (Lipinski definition) is 0. The van der Waals surface area contributed by atoms with Crippen LogP contribution in [0.25, 0.3) is 11.0 Å². The van der Waals surface area contributed by atoms with Gasteiger partial charge in [-0.1, -0.05) is 23.4 Å². The largest absolute Gasteiger partial charge is 0.458 e. The maximum atomic E-state index is 12.1. The maximum absolute atomic E-state index is 12.1. The highest BCUT2D eigenvalue weighted by Gasteiger charge is 2.12. The van der Waals surface area contributed by atoms with Gasteiger partial charge in [0.05, 0.1) is 16.6 Å². The lowest BCUT2D eigenvalue weighted by molar-refractivity contribution is 0.0266. The Morgan fingerprint density at radius 3 is 2.32 bits per heavy atom. The molecular weight excluding hydrogens is 322 g/mol. The first-order valence-electron chi connectivity index (χ1n) is 7.91. The van der Waals surface area contributed by atoms with Gasteiger partial charge in [-0.25, -0.2) is 14.3 Å². The predicted molar refractivity (Wildman–Crippen MR) is 90.2 cm³/mol. The molecule has 0 aliphatic carbocycles. The lowest BCUT2D eigenvalue weighted by atomic mass is 10.2. The van der Waals surface area contributed by atoms with Crippen molar-refractivity contribution in [2.24, 2.45) is 0 Å². The number of ether oxygens (including phenoxy) is 2. The zero-order valence-corrected chi connectivity index (χ0v) is 13.7. The molecule has 3 rings (SSSR count). The van der Waals surface area contributed by atoms with Gasteiger partial charge in [-0.3, -0.25) is 0 Å². The fraction of sp³-hybridized carbons (Fsp3) is 0.222. The fourth-order valence-electron chi connectivity index (χ4n) is 2.34. The van der Waals surface area contributed by atoms with E-state index in [-0.39, 0.29) is 13.2 Å². The number of nitrogens with zero attached hydrogens (tertiary/aromatic N) is 3. The molecule has 0 fully saturated rings. The van der Waals surface area contributed by atoms with Gasteiger partial charge in [0.15, 0.2) is 0 Å². The molecule has 25 heavy (non-hydrogen) atoms. The number of rotatable bonds is 6. The third-order valence-corrected chi connectivity index (χ3v) is 3.61. The lowest BCUT2D eigenvalue weighted by Gasteiger charge is -2.06. The summed E-state index contributed by atoms with van der Waals surface area (Å²) >= 11 is 0. The number of hydrogen-bond acceptors (Lipinski definition) is 6. The van der Waals surface area contributed by atoms with Crippen LogP contribution in [0.3, 0.4) is 0 Å². The van der Waals surface area contributed by atoms with Crippen molar-refractivity contribution < 1.29 is 19.1 Å². The summed E-state index contributed by atoms with van der Waals surface area (Å²) in [6, 6.07) is 13.7. The first-order valence-corrected chi connectivity index (χ1v) is 7.91. The Balaban J connectivity index is 1.52. The van der Waals surface area contributed by atoms with Crippen LogP contribution in [0.1, 0.15) is 27.6 Å². The highest BCUT2D eigenvalue weighted by molar-refractivity contribution is 5.93. The van der Waals surface area contributed by atoms with Crippen molar-refractivity contribution in [2.45, 2.75) is 13.5 Å². The summed E-state index contributed by atoms with van der Waals surface area (Å²) in [7, 11) is 0. The molecule has 0 unspecified atom stereocenters. The second kappa shape index (κ2) is 7.57. The van der Waals surface area contributed by atoms with Gasteiger partial charge in [0, 0.05) is 6.54 Å². The van der Waals surface area contributed by atoms with E-state index in [1.54, 1.807) is 47.1 Å². The molecule has 0 saturated carbocycles. The van der Waals surface area contributed by atoms with Crippen LogP contribution >= 0.6 is 0 Å². The Hall–Kier alpha value is -3.22. The Morgan fingerprint density at radius 1 is 0.960 bits per heavy atom. The molecule has 3 aromatic rings. The molecule has 0 spiro atoms. The van der Waals surface area contributed by atoms with Gasteiger partial charge in [0.25, 0.3) is 0 Å². The van der Waals surface area contributed by atoms with Crippen LogP contribution in [0.4, 0.5) is 0 Å². The van der Waals surface area contributed by atoms with Gasteiger partial charge in [-0.05, 0) is 37.3 Å². The van der Waals surface area contributed by atoms with Crippen LogP contribution in [0.5, 0.6) is 0 Å². The lowest BCUT2D eigenvalue weighted by Crippen LogP contribution is -2.14. The summed E-state index contributed by atoms with van der Waals surface area (Å²) in [6.07, 6.45) is 0. The zero-order valence-electron chi connectivity index (χ0n) is 13.7. The van der Waals surface area contributed by atoms with Gasteiger partial charge in [-0.2, -0.15) is 0 Å². The molecule has 128 valence electrons.